The van der Waals surface area contributed by atoms with Crippen LogP contribution in [-0.4, -0.2) is 37.5 Å². The van der Waals surface area contributed by atoms with Crippen LogP contribution in [0.5, 0.6) is 0 Å². The molecular formula is C20H16N6O3. The molecule has 0 aliphatic rings. The van der Waals surface area contributed by atoms with Gasteiger partial charge in [-0.15, -0.1) is 0 Å². The van der Waals surface area contributed by atoms with Crippen molar-refractivity contribution in [3.8, 4) is 0 Å². The van der Waals surface area contributed by atoms with Gasteiger partial charge < -0.3 is 15.3 Å². The van der Waals surface area contributed by atoms with E-state index in [1.165, 1.54) is 13.3 Å². The van der Waals surface area contributed by atoms with Gasteiger partial charge in [0.25, 0.3) is 11.8 Å². The maximum Gasteiger partial charge on any atom is 0.276 e. The molecule has 9 nitrogen and oxygen atoms in total. The number of carbonyl (C=O) groups is 3. The van der Waals surface area contributed by atoms with Gasteiger partial charge in [-0.3, -0.25) is 19.7 Å². The van der Waals surface area contributed by atoms with Gasteiger partial charge in [-0.1, -0.05) is 24.3 Å². The molecule has 0 saturated heterocycles. The minimum atomic E-state index is -0.616. The molecule has 2 aromatic heterocycles. The monoisotopic (exact) mass is 388 g/mol. The second-order valence-corrected chi connectivity index (χ2v) is 6.24. The van der Waals surface area contributed by atoms with Gasteiger partial charge in [0.1, 0.15) is 5.69 Å². The van der Waals surface area contributed by atoms with Crippen molar-refractivity contribution >= 4 is 40.3 Å². The van der Waals surface area contributed by atoms with Crippen molar-refractivity contribution in [2.75, 3.05) is 10.6 Å². The normalized spacial score (nSPS) is 10.7. The Kier molecular flexibility index (Phi) is 4.62. The first kappa shape index (κ1) is 18.1. The number of benzene rings is 2. The highest BCUT2D eigenvalue weighted by atomic mass is 16.2. The number of nitrogens with zero attached hydrogens (tertiary/aromatic N) is 2. The Hall–Kier alpha value is -4.27. The number of aromatic amines is 2. The number of aromatic nitrogens is 4. The lowest BCUT2D eigenvalue weighted by Crippen LogP contribution is -2.21. The number of hydrogen-bond donors (Lipinski definition) is 4. The summed E-state index contributed by atoms with van der Waals surface area (Å²) in [6, 6.07) is 13.9. The second kappa shape index (κ2) is 7.39. The van der Waals surface area contributed by atoms with E-state index >= 15 is 0 Å². The van der Waals surface area contributed by atoms with Crippen LogP contribution in [0.2, 0.25) is 0 Å². The summed E-state index contributed by atoms with van der Waals surface area (Å²) in [6.45, 7) is 1.41. The zero-order valence-corrected chi connectivity index (χ0v) is 15.3. The molecule has 4 N–H and O–H groups in total. The Bertz CT molecular complexity index is 1210. The van der Waals surface area contributed by atoms with Crippen molar-refractivity contribution in [1.82, 2.24) is 19.9 Å². The summed E-state index contributed by atoms with van der Waals surface area (Å²) in [5.74, 6) is -1.13. The lowest BCUT2D eigenvalue weighted by molar-refractivity contribution is 0.0984. The van der Waals surface area contributed by atoms with Gasteiger partial charge in [-0.05, 0) is 31.2 Å². The third-order valence-electron chi connectivity index (χ3n) is 4.26. The summed E-state index contributed by atoms with van der Waals surface area (Å²) < 4.78 is 0. The van der Waals surface area contributed by atoms with E-state index < -0.39 is 11.8 Å². The first-order valence-electron chi connectivity index (χ1n) is 8.73. The van der Waals surface area contributed by atoms with Gasteiger partial charge in [0, 0.05) is 5.56 Å². The number of carbonyl (C=O) groups excluding carboxylic acids is 3. The first-order valence-corrected chi connectivity index (χ1v) is 8.73. The summed E-state index contributed by atoms with van der Waals surface area (Å²) >= 11 is 0. The number of amides is 2. The number of fused-ring (bicyclic) bond motifs is 1. The SMILES string of the molecule is CC(=O)c1ccccc1NC(=O)c1nc[nH]c1C(=O)Nc1nc2ccccc2[nH]1. The lowest BCUT2D eigenvalue weighted by atomic mass is 10.1. The number of ketones is 1. The lowest BCUT2D eigenvalue weighted by Gasteiger charge is -2.08. The molecule has 29 heavy (non-hydrogen) atoms. The molecule has 0 bridgehead atoms. The summed E-state index contributed by atoms with van der Waals surface area (Å²) in [7, 11) is 0. The van der Waals surface area contributed by atoms with Gasteiger partial charge >= 0.3 is 0 Å². The average Bonchev–Trinajstić information content (AvgIpc) is 3.34. The Morgan fingerprint density at radius 2 is 1.69 bits per heavy atom. The van der Waals surface area contributed by atoms with E-state index in [4.69, 9.17) is 0 Å². The molecule has 0 atom stereocenters. The fourth-order valence-corrected chi connectivity index (χ4v) is 2.90. The predicted molar refractivity (Wildman–Crippen MR) is 107 cm³/mol. The Balaban J connectivity index is 1.55. The average molecular weight is 388 g/mol. The maximum atomic E-state index is 12.7. The topological polar surface area (TPSA) is 133 Å². The minimum absolute atomic E-state index is 0.0248. The Morgan fingerprint density at radius 3 is 2.48 bits per heavy atom. The molecule has 0 radical (unpaired) electrons. The zero-order chi connectivity index (χ0) is 20.4. The molecule has 0 saturated carbocycles. The number of nitrogens with one attached hydrogen (secondary N) is 4. The first-order chi connectivity index (χ1) is 14.0. The highest BCUT2D eigenvalue weighted by Crippen LogP contribution is 2.18. The molecule has 0 fully saturated rings. The van der Waals surface area contributed by atoms with Crippen LogP contribution in [0.1, 0.15) is 38.3 Å². The molecule has 9 heteroatoms. The van der Waals surface area contributed by atoms with Gasteiger partial charge in [-0.2, -0.15) is 0 Å². The van der Waals surface area contributed by atoms with Crippen molar-refractivity contribution in [2.24, 2.45) is 0 Å². The van der Waals surface area contributed by atoms with Crippen molar-refractivity contribution in [3.63, 3.8) is 0 Å². The molecule has 0 aliphatic heterocycles. The van der Waals surface area contributed by atoms with Crippen LogP contribution in [0.3, 0.4) is 0 Å². The molecule has 0 unspecified atom stereocenters. The van der Waals surface area contributed by atoms with E-state index in [0.717, 1.165) is 5.52 Å². The van der Waals surface area contributed by atoms with Crippen LogP contribution in [0.25, 0.3) is 11.0 Å². The number of imidazole rings is 2. The number of H-pyrrole nitrogens is 2. The van der Waals surface area contributed by atoms with Gasteiger partial charge in [0.05, 0.1) is 23.0 Å². The summed E-state index contributed by atoms with van der Waals surface area (Å²) in [5.41, 5.74) is 2.05. The highest BCUT2D eigenvalue weighted by molar-refractivity contribution is 6.14. The standard InChI is InChI=1S/C20H16N6O3/c1-11(27)12-6-2-3-7-13(12)23-18(28)16-17(22-10-21-16)19(29)26-20-24-14-8-4-5-9-15(14)25-20/h2-10H,1H3,(H,21,22)(H,23,28)(H2,24,25,26,29). The third-order valence-corrected chi connectivity index (χ3v) is 4.26. The van der Waals surface area contributed by atoms with Crippen molar-refractivity contribution in [1.29, 1.82) is 0 Å². The van der Waals surface area contributed by atoms with Crippen LogP contribution in [0.15, 0.2) is 54.9 Å². The maximum absolute atomic E-state index is 12.7. The fraction of sp³-hybridized carbons (Fsp3) is 0.0500. The van der Waals surface area contributed by atoms with Gasteiger partial charge in [0.15, 0.2) is 11.5 Å². The molecule has 144 valence electrons. The van der Waals surface area contributed by atoms with Crippen LogP contribution in [0, 0.1) is 0 Å². The molecule has 2 heterocycles. The van der Waals surface area contributed by atoms with Crippen LogP contribution >= 0.6 is 0 Å². The van der Waals surface area contributed by atoms with E-state index in [9.17, 15) is 14.4 Å². The van der Waals surface area contributed by atoms with Crippen LogP contribution in [0.4, 0.5) is 11.6 Å². The molecule has 4 rings (SSSR count). The van der Waals surface area contributed by atoms with Crippen molar-refractivity contribution < 1.29 is 14.4 Å². The largest absolute Gasteiger partial charge is 0.340 e. The van der Waals surface area contributed by atoms with Crippen molar-refractivity contribution in [2.45, 2.75) is 6.92 Å². The van der Waals surface area contributed by atoms with Gasteiger partial charge in [0.2, 0.25) is 5.95 Å². The summed E-state index contributed by atoms with van der Waals surface area (Å²) in [4.78, 5) is 50.9. The third kappa shape index (κ3) is 3.61. The number of para-hydroxylation sites is 3. The molecule has 0 spiro atoms. The smallest absolute Gasteiger partial charge is 0.276 e. The zero-order valence-electron chi connectivity index (χ0n) is 15.3. The summed E-state index contributed by atoms with van der Waals surface area (Å²) in [5, 5.41) is 5.24. The quantitative estimate of drug-likeness (QED) is 0.390. The van der Waals surface area contributed by atoms with Crippen LogP contribution < -0.4 is 10.6 Å². The second-order valence-electron chi connectivity index (χ2n) is 6.24. The number of hydrogen-bond acceptors (Lipinski definition) is 5. The van der Waals surface area contributed by atoms with E-state index in [-0.39, 0.29) is 23.1 Å². The highest BCUT2D eigenvalue weighted by Gasteiger charge is 2.22. The van der Waals surface area contributed by atoms with E-state index in [2.05, 4.69) is 30.6 Å². The minimum Gasteiger partial charge on any atom is -0.340 e. The van der Waals surface area contributed by atoms with Crippen LogP contribution in [-0.2, 0) is 0 Å². The molecular weight excluding hydrogens is 372 g/mol. The molecule has 2 amide bonds. The predicted octanol–water partition coefficient (Wildman–Crippen LogP) is 2.99. The number of anilines is 2. The number of Topliss-reactive ketones (excluding diaryl/α,β-unsaturated/α-hetero) is 1. The van der Waals surface area contributed by atoms with E-state index in [0.29, 0.717) is 16.8 Å². The Labute approximate surface area is 164 Å². The molecule has 4 aromatic rings. The molecule has 2 aromatic carbocycles. The Morgan fingerprint density at radius 1 is 0.931 bits per heavy atom. The fourth-order valence-electron chi connectivity index (χ4n) is 2.90. The molecule has 0 aliphatic carbocycles. The number of rotatable bonds is 5. The summed E-state index contributed by atoms with van der Waals surface area (Å²) in [6.07, 6.45) is 1.25. The van der Waals surface area contributed by atoms with Gasteiger partial charge in [-0.25, -0.2) is 9.97 Å². The van der Waals surface area contributed by atoms with E-state index in [1.54, 1.807) is 24.3 Å². The van der Waals surface area contributed by atoms with Crippen molar-refractivity contribution in [3.05, 3.63) is 71.8 Å². The van der Waals surface area contributed by atoms with E-state index in [1.807, 2.05) is 24.3 Å².